The van der Waals surface area contributed by atoms with Crippen LogP contribution in [0.15, 0.2) is 65.8 Å². The van der Waals surface area contributed by atoms with E-state index in [-0.39, 0.29) is 0 Å². The number of fused-ring (bicyclic) bond motifs is 2. The molecule has 0 spiro atoms. The molecule has 5 rings (SSSR count). The van der Waals surface area contributed by atoms with E-state index in [1.54, 1.807) is 32.2 Å². The van der Waals surface area contributed by atoms with Gasteiger partial charge in [0.05, 0.1) is 25.5 Å². The molecule has 1 heterocycles. The number of nitrogens with zero attached hydrogens (tertiary/aromatic N) is 1. The number of hydrogen-bond acceptors (Lipinski definition) is 8. The molecule has 1 aromatic heterocycles. The molecule has 0 radical (unpaired) electrons. The maximum absolute atomic E-state index is 12.6. The molecule has 10 heteroatoms. The van der Waals surface area contributed by atoms with E-state index in [9.17, 15) is 14.4 Å². The van der Waals surface area contributed by atoms with E-state index < -0.39 is 17.8 Å². The zero-order chi connectivity index (χ0) is 28.9. The highest BCUT2D eigenvalue weighted by atomic mass is 32.1. The maximum atomic E-state index is 12.6. The Hall–Kier alpha value is -4.70. The van der Waals surface area contributed by atoms with Gasteiger partial charge < -0.3 is 19.5 Å². The molecule has 2 amide bonds. The van der Waals surface area contributed by atoms with Gasteiger partial charge in [-0.15, -0.1) is 11.3 Å². The minimum absolute atomic E-state index is 0.311. The van der Waals surface area contributed by atoms with E-state index in [1.165, 1.54) is 18.4 Å². The molecule has 9 nitrogen and oxygen atoms in total. The van der Waals surface area contributed by atoms with Crippen LogP contribution in [0.25, 0.3) is 10.8 Å². The van der Waals surface area contributed by atoms with Crippen LogP contribution < -0.4 is 20.2 Å². The predicted molar refractivity (Wildman–Crippen MR) is 158 cm³/mol. The number of hydrazone groups is 1. The van der Waals surface area contributed by atoms with Crippen LogP contribution in [0.1, 0.15) is 45.3 Å². The average Bonchev–Trinajstić information content (AvgIpc) is 3.59. The van der Waals surface area contributed by atoms with Crippen LogP contribution in [0.3, 0.4) is 0 Å². The first kappa shape index (κ1) is 27.9. The molecule has 41 heavy (non-hydrogen) atoms. The lowest BCUT2D eigenvalue weighted by Gasteiger charge is -2.13. The third-order valence-corrected chi connectivity index (χ3v) is 8.12. The molecule has 4 aromatic rings. The number of nitrogens with one attached hydrogen (secondary N) is 2. The summed E-state index contributed by atoms with van der Waals surface area (Å²) in [5, 5.41) is 9.20. The van der Waals surface area contributed by atoms with Crippen molar-refractivity contribution in [2.45, 2.75) is 32.8 Å². The summed E-state index contributed by atoms with van der Waals surface area (Å²) in [7, 11) is 2.83. The first-order chi connectivity index (χ1) is 19.9. The number of esters is 1. The second-order valence-electron chi connectivity index (χ2n) is 9.44. The summed E-state index contributed by atoms with van der Waals surface area (Å²) >= 11 is 1.29. The molecule has 3 aromatic carbocycles. The summed E-state index contributed by atoms with van der Waals surface area (Å²) in [6.45, 7) is 2.06. The van der Waals surface area contributed by atoms with Crippen LogP contribution in [-0.2, 0) is 33.8 Å². The SMILES string of the molecule is COC(=O)c1c(NC(=O)C(=O)NN=C(C)c2ccc(OCc3cccc4ccccc34)c(OC)c2)sc2c1CCC2. The summed E-state index contributed by atoms with van der Waals surface area (Å²) in [6, 6.07) is 19.5. The normalized spacial score (nSPS) is 12.5. The number of ether oxygens (including phenoxy) is 3. The molecule has 1 aliphatic carbocycles. The van der Waals surface area contributed by atoms with Crippen molar-refractivity contribution >= 4 is 50.6 Å². The Morgan fingerprint density at radius 2 is 1.76 bits per heavy atom. The van der Waals surface area contributed by atoms with Crippen molar-refractivity contribution < 1.29 is 28.6 Å². The Morgan fingerprint density at radius 3 is 2.56 bits per heavy atom. The smallest absolute Gasteiger partial charge is 0.341 e. The molecular formula is C31H29N3O6S. The molecule has 2 N–H and O–H groups in total. The van der Waals surface area contributed by atoms with Crippen LogP contribution in [0.5, 0.6) is 11.5 Å². The third kappa shape index (κ3) is 5.92. The van der Waals surface area contributed by atoms with Gasteiger partial charge in [0.15, 0.2) is 11.5 Å². The van der Waals surface area contributed by atoms with Gasteiger partial charge in [0.2, 0.25) is 0 Å². The van der Waals surface area contributed by atoms with Gasteiger partial charge in [0.25, 0.3) is 0 Å². The molecule has 0 bridgehead atoms. The number of benzene rings is 3. The first-order valence-electron chi connectivity index (χ1n) is 13.1. The van der Waals surface area contributed by atoms with Crippen LogP contribution in [0, 0.1) is 0 Å². The van der Waals surface area contributed by atoms with Crippen molar-refractivity contribution in [2.75, 3.05) is 19.5 Å². The highest BCUT2D eigenvalue weighted by Crippen LogP contribution is 2.39. The minimum Gasteiger partial charge on any atom is -0.493 e. The lowest BCUT2D eigenvalue weighted by atomic mass is 10.1. The summed E-state index contributed by atoms with van der Waals surface area (Å²) in [5.74, 6) is -1.36. The molecule has 1 aliphatic rings. The van der Waals surface area contributed by atoms with Gasteiger partial charge >= 0.3 is 17.8 Å². The van der Waals surface area contributed by atoms with Gasteiger partial charge in [0, 0.05) is 10.4 Å². The van der Waals surface area contributed by atoms with Gasteiger partial charge in [-0.05, 0) is 66.3 Å². The second kappa shape index (κ2) is 12.2. The monoisotopic (exact) mass is 571 g/mol. The number of hydrogen-bond donors (Lipinski definition) is 2. The highest BCUT2D eigenvalue weighted by Gasteiger charge is 2.29. The Labute approximate surface area is 241 Å². The van der Waals surface area contributed by atoms with Gasteiger partial charge in [-0.3, -0.25) is 9.59 Å². The zero-order valence-electron chi connectivity index (χ0n) is 22.9. The quantitative estimate of drug-likeness (QED) is 0.129. The van der Waals surface area contributed by atoms with Crippen molar-refractivity contribution in [3.63, 3.8) is 0 Å². The number of rotatable bonds is 8. The molecule has 0 aliphatic heterocycles. The van der Waals surface area contributed by atoms with E-state index in [1.807, 2.05) is 24.3 Å². The van der Waals surface area contributed by atoms with Gasteiger partial charge in [-0.25, -0.2) is 10.2 Å². The molecule has 0 fully saturated rings. The fourth-order valence-electron chi connectivity index (χ4n) is 4.81. The van der Waals surface area contributed by atoms with Crippen LogP contribution >= 0.6 is 11.3 Å². The Bertz CT molecular complexity index is 1670. The highest BCUT2D eigenvalue weighted by molar-refractivity contribution is 7.17. The number of amides is 2. The fraction of sp³-hybridized carbons (Fsp3) is 0.226. The van der Waals surface area contributed by atoms with Crippen molar-refractivity contribution in [3.8, 4) is 11.5 Å². The Kier molecular flexibility index (Phi) is 8.30. The van der Waals surface area contributed by atoms with Crippen molar-refractivity contribution in [2.24, 2.45) is 5.10 Å². The van der Waals surface area contributed by atoms with Crippen molar-refractivity contribution in [1.29, 1.82) is 0 Å². The molecule has 0 unspecified atom stereocenters. The third-order valence-electron chi connectivity index (χ3n) is 6.91. The minimum atomic E-state index is -0.962. The predicted octanol–water partition coefficient (Wildman–Crippen LogP) is 5.24. The Morgan fingerprint density at radius 1 is 0.951 bits per heavy atom. The van der Waals surface area contributed by atoms with Gasteiger partial charge in [-0.1, -0.05) is 42.5 Å². The maximum Gasteiger partial charge on any atom is 0.341 e. The number of carbonyl (C=O) groups excluding carboxylic acids is 3. The number of thiophene rings is 1. The summed E-state index contributed by atoms with van der Waals surface area (Å²) < 4.78 is 16.5. The molecule has 210 valence electrons. The number of aryl methyl sites for hydroxylation is 1. The molecule has 0 saturated heterocycles. The van der Waals surface area contributed by atoms with E-state index in [0.29, 0.717) is 39.9 Å². The molecular weight excluding hydrogens is 542 g/mol. The zero-order valence-corrected chi connectivity index (χ0v) is 23.7. The lowest BCUT2D eigenvalue weighted by molar-refractivity contribution is -0.136. The van der Waals surface area contributed by atoms with Crippen molar-refractivity contribution in [1.82, 2.24) is 5.43 Å². The molecule has 0 atom stereocenters. The largest absolute Gasteiger partial charge is 0.493 e. The van der Waals surface area contributed by atoms with Crippen LogP contribution in [0.2, 0.25) is 0 Å². The van der Waals surface area contributed by atoms with Crippen LogP contribution in [-0.4, -0.2) is 37.7 Å². The van der Waals surface area contributed by atoms with Gasteiger partial charge in [0.1, 0.15) is 11.6 Å². The second-order valence-corrected chi connectivity index (χ2v) is 10.5. The van der Waals surface area contributed by atoms with Crippen LogP contribution in [0.4, 0.5) is 5.00 Å². The van der Waals surface area contributed by atoms with E-state index in [0.717, 1.165) is 46.0 Å². The van der Waals surface area contributed by atoms with E-state index >= 15 is 0 Å². The Balaban J connectivity index is 1.24. The van der Waals surface area contributed by atoms with Gasteiger partial charge in [-0.2, -0.15) is 5.10 Å². The average molecular weight is 572 g/mol. The topological polar surface area (TPSA) is 115 Å². The lowest BCUT2D eigenvalue weighted by Crippen LogP contribution is -2.33. The summed E-state index contributed by atoms with van der Waals surface area (Å²) in [5.41, 5.74) is 5.66. The standard InChI is InChI=1S/C31H29N3O6S/c1-18(33-34-29(36)28(35)32-30-27(31(37)39-3)23-12-7-13-26(23)41-30)20-14-15-24(25(16-20)38-2)40-17-21-10-6-9-19-8-4-5-11-22(19)21/h4-6,8-11,14-16H,7,12-13,17H2,1-3H3,(H,32,35)(H,34,36). The fourth-order valence-corrected chi connectivity index (χ4v) is 6.08. The number of methoxy groups -OCH3 is 2. The number of anilines is 1. The summed E-state index contributed by atoms with van der Waals surface area (Å²) in [4.78, 5) is 38.4. The van der Waals surface area contributed by atoms with Crippen molar-refractivity contribution in [3.05, 3.63) is 87.8 Å². The summed E-state index contributed by atoms with van der Waals surface area (Å²) in [6.07, 6.45) is 2.50. The van der Waals surface area contributed by atoms with E-state index in [4.69, 9.17) is 14.2 Å². The van der Waals surface area contributed by atoms with E-state index in [2.05, 4.69) is 34.0 Å². The first-order valence-corrected chi connectivity index (χ1v) is 13.9. The number of carbonyl (C=O) groups is 3. The molecule has 0 saturated carbocycles.